The molecular weight excluding hydrogens is 454 g/mol. The number of carboxylic acid groups (broad SMARTS) is 1. The van der Waals surface area contributed by atoms with Crippen LogP contribution in [0.4, 0.5) is 20.4 Å². The van der Waals surface area contributed by atoms with Gasteiger partial charge in [-0.2, -0.15) is 8.78 Å². The number of aromatic nitrogens is 2. The van der Waals surface area contributed by atoms with Crippen molar-refractivity contribution in [3.05, 3.63) is 66.5 Å². The lowest BCUT2D eigenvalue weighted by atomic mass is 9.95. The van der Waals surface area contributed by atoms with E-state index in [1.54, 1.807) is 24.5 Å². The number of carbonyl (C=O) groups is 1. The number of hydrogen-bond acceptors (Lipinski definition) is 6. The maximum absolute atomic E-state index is 12.3. The first-order valence-corrected chi connectivity index (χ1v) is 11.6. The number of likely N-dealkylation sites (tertiary alicyclic amines) is 1. The van der Waals surface area contributed by atoms with Crippen LogP contribution in [0.3, 0.4) is 0 Å². The summed E-state index contributed by atoms with van der Waals surface area (Å²) in [6, 6.07) is 14.7. The first kappa shape index (κ1) is 24.5. The molecule has 3 aromatic rings. The summed E-state index contributed by atoms with van der Waals surface area (Å²) in [6.07, 6.45) is 5.60. The van der Waals surface area contributed by atoms with E-state index in [2.05, 4.69) is 44.0 Å². The van der Waals surface area contributed by atoms with E-state index < -0.39 is 12.6 Å². The summed E-state index contributed by atoms with van der Waals surface area (Å²) in [6.45, 7) is 0.929. The standard InChI is InChI=1S/C26H28F2N4O3/c1-17(32-11-9-20(10-12-32)24(33)34)13-18-3-2-4-22(14-18)31-26-29-15-21(16-30-26)19-5-7-23(8-6-19)35-25(27)28/h2-8,14-17,20,25H,9-13H2,1H3,(H,33,34)(H,29,30,31). The Morgan fingerprint density at radius 3 is 2.43 bits per heavy atom. The minimum atomic E-state index is -2.85. The van der Waals surface area contributed by atoms with Crippen LogP contribution in [-0.4, -0.2) is 51.7 Å². The van der Waals surface area contributed by atoms with Crippen LogP contribution < -0.4 is 10.1 Å². The SMILES string of the molecule is CC(Cc1cccc(Nc2ncc(-c3ccc(OC(F)F)cc3)cn2)c1)N1CCC(C(=O)O)CC1. The third-order valence-corrected chi connectivity index (χ3v) is 6.28. The quantitative estimate of drug-likeness (QED) is 0.433. The molecule has 1 aliphatic heterocycles. The average molecular weight is 483 g/mol. The fourth-order valence-corrected chi connectivity index (χ4v) is 4.33. The van der Waals surface area contributed by atoms with Gasteiger partial charge >= 0.3 is 12.6 Å². The molecular formula is C26H28F2N4O3. The number of ether oxygens (including phenoxy) is 1. The molecule has 0 radical (unpaired) electrons. The molecule has 0 saturated carbocycles. The molecule has 0 bridgehead atoms. The topological polar surface area (TPSA) is 87.6 Å². The Balaban J connectivity index is 1.34. The second kappa shape index (κ2) is 11.2. The highest BCUT2D eigenvalue weighted by Gasteiger charge is 2.26. The van der Waals surface area contributed by atoms with Crippen LogP contribution in [-0.2, 0) is 11.2 Å². The van der Waals surface area contributed by atoms with Gasteiger partial charge in [0.15, 0.2) is 0 Å². The number of piperidine rings is 1. The molecule has 0 amide bonds. The van der Waals surface area contributed by atoms with Crippen molar-refractivity contribution in [2.75, 3.05) is 18.4 Å². The highest BCUT2D eigenvalue weighted by atomic mass is 19.3. The van der Waals surface area contributed by atoms with E-state index in [0.29, 0.717) is 24.8 Å². The van der Waals surface area contributed by atoms with Crippen LogP contribution in [0.2, 0.25) is 0 Å². The van der Waals surface area contributed by atoms with E-state index in [4.69, 9.17) is 0 Å². The predicted octanol–water partition coefficient (Wildman–Crippen LogP) is 5.22. The van der Waals surface area contributed by atoms with Crippen molar-refractivity contribution in [1.29, 1.82) is 0 Å². The maximum Gasteiger partial charge on any atom is 0.387 e. The average Bonchev–Trinajstić information content (AvgIpc) is 2.85. The molecule has 2 heterocycles. The van der Waals surface area contributed by atoms with Gasteiger partial charge in [-0.15, -0.1) is 0 Å². The molecule has 9 heteroatoms. The molecule has 184 valence electrons. The van der Waals surface area contributed by atoms with Gasteiger partial charge in [0.25, 0.3) is 0 Å². The van der Waals surface area contributed by atoms with E-state index in [-0.39, 0.29) is 11.7 Å². The van der Waals surface area contributed by atoms with Gasteiger partial charge in [-0.25, -0.2) is 9.97 Å². The van der Waals surface area contributed by atoms with Gasteiger partial charge in [0, 0.05) is 29.7 Å². The molecule has 2 N–H and O–H groups in total. The second-order valence-corrected chi connectivity index (χ2v) is 8.73. The lowest BCUT2D eigenvalue weighted by Crippen LogP contribution is -2.42. The number of hydrogen-bond donors (Lipinski definition) is 2. The van der Waals surface area contributed by atoms with Gasteiger partial charge in [0.1, 0.15) is 5.75 Å². The van der Waals surface area contributed by atoms with Gasteiger partial charge in [0.2, 0.25) is 5.95 Å². The number of aliphatic carboxylic acids is 1. The smallest absolute Gasteiger partial charge is 0.387 e. The highest BCUT2D eigenvalue weighted by Crippen LogP contribution is 2.24. The normalized spacial score (nSPS) is 15.7. The molecule has 0 spiro atoms. The minimum absolute atomic E-state index is 0.0990. The fourth-order valence-electron chi connectivity index (χ4n) is 4.33. The molecule has 7 nitrogen and oxygen atoms in total. The van der Waals surface area contributed by atoms with Gasteiger partial charge in [-0.05, 0) is 74.7 Å². The summed E-state index contributed by atoms with van der Waals surface area (Å²) >= 11 is 0. The number of halogens is 2. The molecule has 1 aromatic heterocycles. The summed E-state index contributed by atoms with van der Waals surface area (Å²) < 4.78 is 29.0. The maximum atomic E-state index is 12.3. The van der Waals surface area contributed by atoms with Gasteiger partial charge < -0.3 is 20.1 Å². The van der Waals surface area contributed by atoms with Gasteiger partial charge in [-0.3, -0.25) is 4.79 Å². The van der Waals surface area contributed by atoms with E-state index in [1.807, 2.05) is 12.1 Å². The Morgan fingerprint density at radius 1 is 1.11 bits per heavy atom. The Kier molecular flexibility index (Phi) is 7.87. The van der Waals surface area contributed by atoms with E-state index >= 15 is 0 Å². The molecule has 2 aromatic carbocycles. The Bertz CT molecular complexity index is 1120. The van der Waals surface area contributed by atoms with Gasteiger partial charge in [0.05, 0.1) is 5.92 Å². The van der Waals surface area contributed by atoms with E-state index in [1.165, 1.54) is 17.7 Å². The van der Waals surface area contributed by atoms with Crippen molar-refractivity contribution < 1.29 is 23.4 Å². The summed E-state index contributed by atoms with van der Waals surface area (Å²) in [5, 5.41) is 12.4. The third-order valence-electron chi connectivity index (χ3n) is 6.28. The summed E-state index contributed by atoms with van der Waals surface area (Å²) in [7, 11) is 0. The highest BCUT2D eigenvalue weighted by molar-refractivity contribution is 5.70. The zero-order chi connectivity index (χ0) is 24.8. The minimum Gasteiger partial charge on any atom is -0.481 e. The predicted molar refractivity (Wildman–Crippen MR) is 129 cm³/mol. The lowest BCUT2D eigenvalue weighted by molar-refractivity contribution is -0.143. The van der Waals surface area contributed by atoms with Crippen molar-refractivity contribution in [3.8, 4) is 16.9 Å². The number of rotatable bonds is 9. The summed E-state index contributed by atoms with van der Waals surface area (Å²) in [5.41, 5.74) is 3.60. The van der Waals surface area contributed by atoms with Crippen molar-refractivity contribution >= 4 is 17.6 Å². The van der Waals surface area contributed by atoms with Crippen LogP contribution in [0.25, 0.3) is 11.1 Å². The van der Waals surface area contributed by atoms with E-state index in [9.17, 15) is 18.7 Å². The second-order valence-electron chi connectivity index (χ2n) is 8.73. The molecule has 1 fully saturated rings. The van der Waals surface area contributed by atoms with Crippen molar-refractivity contribution in [2.24, 2.45) is 5.92 Å². The number of alkyl halides is 2. The van der Waals surface area contributed by atoms with Crippen LogP contribution in [0.5, 0.6) is 5.75 Å². The molecule has 1 atom stereocenters. The van der Waals surface area contributed by atoms with Crippen molar-refractivity contribution in [2.45, 2.75) is 38.8 Å². The Labute approximate surface area is 202 Å². The van der Waals surface area contributed by atoms with Crippen molar-refractivity contribution in [1.82, 2.24) is 14.9 Å². The summed E-state index contributed by atoms with van der Waals surface area (Å²) in [4.78, 5) is 22.3. The molecule has 35 heavy (non-hydrogen) atoms. The molecule has 0 aliphatic carbocycles. The van der Waals surface area contributed by atoms with Gasteiger partial charge in [-0.1, -0.05) is 24.3 Å². The van der Waals surface area contributed by atoms with Crippen molar-refractivity contribution in [3.63, 3.8) is 0 Å². The molecule has 4 rings (SSSR count). The van der Waals surface area contributed by atoms with Crippen LogP contribution in [0.15, 0.2) is 60.9 Å². The largest absolute Gasteiger partial charge is 0.481 e. The van der Waals surface area contributed by atoms with E-state index in [0.717, 1.165) is 36.3 Å². The molecule has 1 unspecified atom stereocenters. The van der Waals surface area contributed by atoms with Crippen LogP contribution in [0, 0.1) is 5.92 Å². The summed E-state index contributed by atoms with van der Waals surface area (Å²) in [5.74, 6) is -0.367. The number of nitrogens with one attached hydrogen (secondary N) is 1. The zero-order valence-corrected chi connectivity index (χ0v) is 19.4. The fraction of sp³-hybridized carbons (Fsp3) is 0.346. The number of anilines is 2. The molecule has 1 aliphatic rings. The Morgan fingerprint density at radius 2 is 1.80 bits per heavy atom. The number of benzene rings is 2. The zero-order valence-electron chi connectivity index (χ0n) is 19.4. The first-order valence-electron chi connectivity index (χ1n) is 11.6. The first-order chi connectivity index (χ1) is 16.9. The lowest BCUT2D eigenvalue weighted by Gasteiger charge is -2.34. The number of carboxylic acids is 1. The third kappa shape index (κ3) is 6.73. The monoisotopic (exact) mass is 482 g/mol. The Hall–Kier alpha value is -3.59. The number of nitrogens with zero attached hydrogens (tertiary/aromatic N) is 3. The van der Waals surface area contributed by atoms with Crippen LogP contribution in [0.1, 0.15) is 25.3 Å². The van der Waals surface area contributed by atoms with Crippen LogP contribution >= 0.6 is 0 Å². The molecule has 1 saturated heterocycles.